The molecule has 2 fully saturated rings. The summed E-state index contributed by atoms with van der Waals surface area (Å²) in [7, 11) is 0. The van der Waals surface area contributed by atoms with Gasteiger partial charge in [-0.1, -0.05) is 18.2 Å². The topological polar surface area (TPSA) is 88.2 Å². The fraction of sp³-hybridized carbons (Fsp3) is 0.609. The molecule has 0 saturated carbocycles. The predicted molar refractivity (Wildman–Crippen MR) is 115 cm³/mol. The van der Waals surface area contributed by atoms with Crippen LogP contribution in [0.4, 0.5) is 0 Å². The van der Waals surface area contributed by atoms with Gasteiger partial charge >= 0.3 is 5.97 Å². The summed E-state index contributed by atoms with van der Waals surface area (Å²) in [5.41, 5.74) is 1.01. The number of rotatable bonds is 8. The van der Waals surface area contributed by atoms with E-state index in [2.05, 4.69) is 10.2 Å². The fourth-order valence-electron chi connectivity index (χ4n) is 4.24. The number of nitrogens with one attached hydrogen (secondary N) is 1. The van der Waals surface area contributed by atoms with Gasteiger partial charge in [0.25, 0.3) is 0 Å². The maximum Gasteiger partial charge on any atom is 0.309 e. The first kappa shape index (κ1) is 23.1. The van der Waals surface area contributed by atoms with Crippen LogP contribution in [0.2, 0.25) is 0 Å². The number of piperidine rings is 1. The molecule has 2 amide bonds. The summed E-state index contributed by atoms with van der Waals surface area (Å²) in [5.74, 6) is 0.318. The third kappa shape index (κ3) is 5.97. The van der Waals surface area contributed by atoms with Crippen LogP contribution in [0.25, 0.3) is 0 Å². The van der Waals surface area contributed by atoms with E-state index >= 15 is 0 Å². The summed E-state index contributed by atoms with van der Waals surface area (Å²) in [6, 6.07) is 7.29. The third-order valence-corrected chi connectivity index (χ3v) is 5.92. The molecule has 1 N–H and O–H groups in total. The largest absolute Gasteiger partial charge is 0.494 e. The zero-order chi connectivity index (χ0) is 22.2. The lowest BCUT2D eigenvalue weighted by Crippen LogP contribution is -2.56. The molecule has 1 aromatic carbocycles. The molecule has 0 spiro atoms. The van der Waals surface area contributed by atoms with Crippen molar-refractivity contribution in [3.05, 3.63) is 29.8 Å². The molecule has 8 heteroatoms. The van der Waals surface area contributed by atoms with Gasteiger partial charge in [-0.15, -0.1) is 0 Å². The maximum atomic E-state index is 13.0. The average molecular weight is 432 g/mol. The SMILES string of the molecule is CCOC(=O)C1CCN(C(=O)CC2C(=O)NCCN2Cc2ccccc2OCC)CC1. The summed E-state index contributed by atoms with van der Waals surface area (Å²) in [5, 5.41) is 2.89. The average Bonchev–Trinajstić information content (AvgIpc) is 2.78. The molecule has 0 aliphatic carbocycles. The lowest BCUT2D eigenvalue weighted by atomic mass is 9.96. The van der Waals surface area contributed by atoms with Crippen molar-refractivity contribution < 1.29 is 23.9 Å². The molecule has 1 unspecified atom stereocenters. The van der Waals surface area contributed by atoms with Gasteiger partial charge in [-0.3, -0.25) is 19.3 Å². The molecule has 0 radical (unpaired) electrons. The minimum absolute atomic E-state index is 0.0487. The second-order valence-electron chi connectivity index (χ2n) is 7.93. The highest BCUT2D eigenvalue weighted by molar-refractivity contribution is 5.89. The number of nitrogens with zero attached hydrogens (tertiary/aromatic N) is 2. The number of esters is 1. The summed E-state index contributed by atoms with van der Waals surface area (Å²) in [4.78, 5) is 41.3. The van der Waals surface area contributed by atoms with E-state index in [0.717, 1.165) is 11.3 Å². The molecule has 0 aromatic heterocycles. The van der Waals surface area contributed by atoms with E-state index in [1.54, 1.807) is 11.8 Å². The molecular formula is C23H33N3O5. The molecular weight excluding hydrogens is 398 g/mol. The Morgan fingerprint density at radius 1 is 1.10 bits per heavy atom. The van der Waals surface area contributed by atoms with Crippen LogP contribution in [-0.2, 0) is 25.7 Å². The molecule has 170 valence electrons. The summed E-state index contributed by atoms with van der Waals surface area (Å²) >= 11 is 0. The number of hydrogen-bond donors (Lipinski definition) is 1. The van der Waals surface area contributed by atoms with Crippen LogP contribution in [0, 0.1) is 5.92 Å². The minimum Gasteiger partial charge on any atom is -0.494 e. The summed E-state index contributed by atoms with van der Waals surface area (Å²) in [6.07, 6.45) is 1.34. The van der Waals surface area contributed by atoms with Crippen molar-refractivity contribution in [3.63, 3.8) is 0 Å². The number of ether oxygens (including phenoxy) is 2. The normalized spacial score (nSPS) is 20.3. The highest BCUT2D eigenvalue weighted by Crippen LogP contribution is 2.24. The van der Waals surface area contributed by atoms with Gasteiger partial charge in [0.1, 0.15) is 5.75 Å². The van der Waals surface area contributed by atoms with Gasteiger partial charge in [-0.2, -0.15) is 0 Å². The highest BCUT2D eigenvalue weighted by Gasteiger charge is 2.35. The van der Waals surface area contributed by atoms with E-state index in [1.807, 2.05) is 31.2 Å². The smallest absolute Gasteiger partial charge is 0.309 e. The van der Waals surface area contributed by atoms with E-state index in [4.69, 9.17) is 9.47 Å². The minimum atomic E-state index is -0.515. The third-order valence-electron chi connectivity index (χ3n) is 5.92. The van der Waals surface area contributed by atoms with Crippen molar-refractivity contribution in [3.8, 4) is 5.75 Å². The number of carbonyl (C=O) groups is 3. The quantitative estimate of drug-likeness (QED) is 0.629. The number of likely N-dealkylation sites (tertiary alicyclic amines) is 1. The Morgan fingerprint density at radius 3 is 2.55 bits per heavy atom. The van der Waals surface area contributed by atoms with Crippen molar-refractivity contribution in [1.29, 1.82) is 0 Å². The molecule has 0 bridgehead atoms. The zero-order valence-corrected chi connectivity index (χ0v) is 18.5. The Kier molecular flexibility index (Phi) is 8.28. The monoisotopic (exact) mass is 431 g/mol. The van der Waals surface area contributed by atoms with Crippen LogP contribution in [0.5, 0.6) is 5.75 Å². The Balaban J connectivity index is 1.61. The molecule has 2 heterocycles. The van der Waals surface area contributed by atoms with Crippen LogP contribution in [-0.4, -0.2) is 73.0 Å². The Hall–Kier alpha value is -2.61. The second kappa shape index (κ2) is 11.1. The molecule has 8 nitrogen and oxygen atoms in total. The van der Waals surface area contributed by atoms with Crippen molar-refractivity contribution in [2.45, 2.75) is 45.7 Å². The summed E-state index contributed by atoms with van der Waals surface area (Å²) in [6.45, 7) is 7.50. The fourth-order valence-corrected chi connectivity index (χ4v) is 4.24. The first-order chi connectivity index (χ1) is 15.0. The van der Waals surface area contributed by atoms with E-state index in [0.29, 0.717) is 58.8 Å². The molecule has 1 aromatic rings. The number of piperazine rings is 1. The van der Waals surface area contributed by atoms with Crippen LogP contribution in [0.15, 0.2) is 24.3 Å². The molecule has 3 rings (SSSR count). The number of hydrogen-bond acceptors (Lipinski definition) is 6. The Bertz CT molecular complexity index is 776. The molecule has 2 saturated heterocycles. The number of amides is 2. The van der Waals surface area contributed by atoms with Crippen molar-refractivity contribution in [2.24, 2.45) is 5.92 Å². The molecule has 2 aliphatic rings. The number of benzene rings is 1. The Labute approximate surface area is 183 Å². The van der Waals surface area contributed by atoms with Crippen LogP contribution >= 0.6 is 0 Å². The van der Waals surface area contributed by atoms with E-state index in [1.165, 1.54) is 0 Å². The molecule has 31 heavy (non-hydrogen) atoms. The van der Waals surface area contributed by atoms with Crippen molar-refractivity contribution in [2.75, 3.05) is 39.4 Å². The van der Waals surface area contributed by atoms with Crippen molar-refractivity contribution in [1.82, 2.24) is 15.1 Å². The van der Waals surface area contributed by atoms with Crippen LogP contribution < -0.4 is 10.1 Å². The molecule has 1 atom stereocenters. The Morgan fingerprint density at radius 2 is 1.84 bits per heavy atom. The van der Waals surface area contributed by atoms with Gasteiger partial charge in [0.05, 0.1) is 31.6 Å². The van der Waals surface area contributed by atoms with E-state index < -0.39 is 6.04 Å². The zero-order valence-electron chi connectivity index (χ0n) is 18.5. The highest BCUT2D eigenvalue weighted by atomic mass is 16.5. The number of carbonyl (C=O) groups excluding carboxylic acids is 3. The molecule has 2 aliphatic heterocycles. The van der Waals surface area contributed by atoms with Crippen LogP contribution in [0.1, 0.15) is 38.7 Å². The summed E-state index contributed by atoms with van der Waals surface area (Å²) < 4.78 is 10.8. The van der Waals surface area contributed by atoms with Crippen molar-refractivity contribution >= 4 is 17.8 Å². The lowest BCUT2D eigenvalue weighted by molar-refractivity contribution is -0.151. The number of para-hydroxylation sites is 1. The van der Waals surface area contributed by atoms with Gasteiger partial charge in [-0.05, 0) is 32.8 Å². The maximum absolute atomic E-state index is 13.0. The van der Waals surface area contributed by atoms with Gasteiger partial charge < -0.3 is 19.7 Å². The van der Waals surface area contributed by atoms with Gasteiger partial charge in [0.15, 0.2) is 0 Å². The van der Waals surface area contributed by atoms with Gasteiger partial charge in [-0.25, -0.2) is 0 Å². The first-order valence-electron chi connectivity index (χ1n) is 11.2. The first-order valence-corrected chi connectivity index (χ1v) is 11.2. The van der Waals surface area contributed by atoms with Gasteiger partial charge in [0.2, 0.25) is 11.8 Å². The van der Waals surface area contributed by atoms with Crippen LogP contribution in [0.3, 0.4) is 0 Å². The lowest BCUT2D eigenvalue weighted by Gasteiger charge is -2.37. The predicted octanol–water partition coefficient (Wildman–Crippen LogP) is 1.58. The second-order valence-corrected chi connectivity index (χ2v) is 7.93. The standard InChI is InChI=1S/C23H33N3O5/c1-3-30-20-8-6-5-7-18(20)16-26-14-11-24-22(28)19(26)15-21(27)25-12-9-17(10-13-25)23(29)31-4-2/h5-8,17,19H,3-4,9-16H2,1-2H3,(H,24,28). The van der Waals surface area contributed by atoms with E-state index in [9.17, 15) is 14.4 Å². The van der Waals surface area contributed by atoms with Gasteiger partial charge in [0, 0.05) is 38.3 Å². The van der Waals surface area contributed by atoms with E-state index in [-0.39, 0.29) is 30.1 Å².